The lowest BCUT2D eigenvalue weighted by atomic mass is 10.1. The molecule has 0 aliphatic heterocycles. The molecule has 3 aromatic rings. The summed E-state index contributed by atoms with van der Waals surface area (Å²) in [5, 5.41) is 8.80. The maximum atomic E-state index is 14.1. The van der Waals surface area contributed by atoms with Crippen molar-refractivity contribution in [2.24, 2.45) is 4.99 Å². The summed E-state index contributed by atoms with van der Waals surface area (Å²) in [5.74, 6) is -0.325. The van der Waals surface area contributed by atoms with Crippen LogP contribution >= 0.6 is 0 Å². The Morgan fingerprint density at radius 3 is 2.67 bits per heavy atom. The number of aliphatic imine (C=N–C) groups is 1. The summed E-state index contributed by atoms with van der Waals surface area (Å²) >= 11 is 0. The summed E-state index contributed by atoms with van der Waals surface area (Å²) < 4.78 is 53.4. The van der Waals surface area contributed by atoms with Crippen LogP contribution < -0.4 is 0 Å². The highest BCUT2D eigenvalue weighted by molar-refractivity contribution is 5.70. The second kappa shape index (κ2) is 8.44. The molecule has 0 saturated carbocycles. The van der Waals surface area contributed by atoms with Gasteiger partial charge in [-0.1, -0.05) is 12.1 Å². The van der Waals surface area contributed by atoms with E-state index in [0.29, 0.717) is 11.3 Å². The number of rotatable bonds is 6. The molecule has 6 nitrogen and oxygen atoms in total. The van der Waals surface area contributed by atoms with E-state index in [0.717, 1.165) is 5.56 Å². The smallest absolute Gasteiger partial charge is 0.374 e. The van der Waals surface area contributed by atoms with Crippen LogP contribution in [0.3, 0.4) is 0 Å². The molecule has 3 rings (SSSR count). The van der Waals surface area contributed by atoms with Gasteiger partial charge in [0.15, 0.2) is 5.69 Å². The molecule has 10 heteroatoms. The van der Waals surface area contributed by atoms with Gasteiger partial charge < -0.3 is 4.90 Å². The van der Waals surface area contributed by atoms with E-state index in [1.54, 1.807) is 31.1 Å². The Kier molecular flexibility index (Phi) is 5.95. The summed E-state index contributed by atoms with van der Waals surface area (Å²) in [4.78, 5) is 9.76. The van der Waals surface area contributed by atoms with Crippen molar-refractivity contribution in [3.8, 4) is 11.3 Å². The predicted octanol–water partition coefficient (Wildman–Crippen LogP) is 4.46. The molecule has 2 aromatic heterocycles. The van der Waals surface area contributed by atoms with Gasteiger partial charge in [-0.3, -0.25) is 9.98 Å². The third-order valence-electron chi connectivity index (χ3n) is 4.25. The Morgan fingerprint density at radius 1 is 1.23 bits per heavy atom. The molecule has 1 N–H and O–H groups in total. The maximum absolute atomic E-state index is 14.1. The van der Waals surface area contributed by atoms with Crippen molar-refractivity contribution in [1.29, 1.82) is 0 Å². The fourth-order valence-electron chi connectivity index (χ4n) is 2.84. The number of H-pyrrole nitrogens is 1. The lowest BCUT2D eigenvalue weighted by molar-refractivity contribution is -0.140. The van der Waals surface area contributed by atoms with Gasteiger partial charge in [0.1, 0.15) is 17.2 Å². The van der Waals surface area contributed by atoms with Gasteiger partial charge in [-0.25, -0.2) is 4.39 Å². The van der Waals surface area contributed by atoms with Crippen LogP contribution in [0.2, 0.25) is 0 Å². The van der Waals surface area contributed by atoms with Crippen molar-refractivity contribution in [3.05, 3.63) is 71.1 Å². The van der Waals surface area contributed by atoms with E-state index in [1.165, 1.54) is 24.4 Å². The minimum Gasteiger partial charge on any atom is -0.374 e. The standard InChI is InChI=1S/C20H18F4N6/c1-12-4-5-14(15(21)8-12)10-30(3)11-17(25-2)16-9-13(6-7-26-16)18-19(20(22,23)24)28-29-27-18/h4-9,11H,2,10H2,1,3H3,(H,27,28,29)/b17-11-. The number of nitrogens with zero attached hydrogens (tertiary/aromatic N) is 5. The minimum atomic E-state index is -4.65. The van der Waals surface area contributed by atoms with Crippen molar-refractivity contribution >= 4 is 12.4 Å². The predicted molar refractivity (Wildman–Crippen MR) is 105 cm³/mol. The zero-order valence-electron chi connectivity index (χ0n) is 16.2. The lowest BCUT2D eigenvalue weighted by Crippen LogP contribution is -2.12. The molecule has 156 valence electrons. The summed E-state index contributed by atoms with van der Waals surface area (Å²) in [5.41, 5.74) is 0.604. The quantitative estimate of drug-likeness (QED) is 0.474. The molecule has 0 radical (unpaired) electrons. The second-order valence-electron chi connectivity index (χ2n) is 6.63. The Bertz CT molecular complexity index is 1090. The first-order valence-corrected chi connectivity index (χ1v) is 8.77. The van der Waals surface area contributed by atoms with Crippen molar-refractivity contribution in [2.45, 2.75) is 19.6 Å². The molecular formula is C20H18F4N6. The van der Waals surface area contributed by atoms with Crippen LogP contribution in [-0.2, 0) is 12.7 Å². The molecule has 1 aromatic carbocycles. The number of benzene rings is 1. The number of hydrogen-bond acceptors (Lipinski definition) is 5. The molecule has 0 aliphatic carbocycles. The van der Waals surface area contributed by atoms with Crippen LogP contribution in [0, 0.1) is 12.7 Å². The SMILES string of the molecule is C=N/C(=C\N(C)Cc1ccc(C)cc1F)c1cc(-c2n[nH]nc2C(F)(F)F)ccn1. The number of aryl methyl sites for hydroxylation is 1. The third-order valence-corrected chi connectivity index (χ3v) is 4.25. The second-order valence-corrected chi connectivity index (χ2v) is 6.63. The van der Waals surface area contributed by atoms with Crippen LogP contribution in [0.1, 0.15) is 22.5 Å². The molecular weight excluding hydrogens is 400 g/mol. The Hall–Kier alpha value is -3.56. The molecule has 2 heterocycles. The average Bonchev–Trinajstić information content (AvgIpc) is 3.19. The van der Waals surface area contributed by atoms with E-state index in [4.69, 9.17) is 0 Å². The van der Waals surface area contributed by atoms with Crippen LogP contribution in [0.15, 0.2) is 47.7 Å². The molecule has 0 bridgehead atoms. The summed E-state index contributed by atoms with van der Waals surface area (Å²) in [6, 6.07) is 7.75. The molecule has 0 saturated heterocycles. The van der Waals surface area contributed by atoms with Crippen LogP contribution in [0.5, 0.6) is 0 Å². The monoisotopic (exact) mass is 418 g/mol. The first kappa shape index (κ1) is 21.2. The zero-order chi connectivity index (χ0) is 21.9. The van der Waals surface area contributed by atoms with Gasteiger partial charge in [-0.2, -0.15) is 28.6 Å². The van der Waals surface area contributed by atoms with Gasteiger partial charge in [0, 0.05) is 37.1 Å². The zero-order valence-corrected chi connectivity index (χ0v) is 16.2. The first-order valence-electron chi connectivity index (χ1n) is 8.77. The van der Waals surface area contributed by atoms with Crippen molar-refractivity contribution in [2.75, 3.05) is 7.05 Å². The maximum Gasteiger partial charge on any atom is 0.437 e. The van der Waals surface area contributed by atoms with Crippen molar-refractivity contribution in [3.63, 3.8) is 0 Å². The number of halogens is 4. The molecule has 0 fully saturated rings. The largest absolute Gasteiger partial charge is 0.437 e. The number of nitrogens with one attached hydrogen (secondary N) is 1. The Balaban J connectivity index is 1.89. The average molecular weight is 418 g/mol. The van der Waals surface area contributed by atoms with E-state index in [9.17, 15) is 17.6 Å². The van der Waals surface area contributed by atoms with E-state index >= 15 is 0 Å². The van der Waals surface area contributed by atoms with Crippen LogP contribution in [-0.4, -0.2) is 39.1 Å². The van der Waals surface area contributed by atoms with Crippen LogP contribution in [0.4, 0.5) is 17.6 Å². The number of pyridine rings is 1. The summed E-state index contributed by atoms with van der Waals surface area (Å²) in [6.07, 6.45) is -1.72. The molecule has 0 spiro atoms. The van der Waals surface area contributed by atoms with Gasteiger partial charge in [0.25, 0.3) is 0 Å². The van der Waals surface area contributed by atoms with E-state index in [1.807, 2.05) is 11.3 Å². The van der Waals surface area contributed by atoms with Gasteiger partial charge >= 0.3 is 6.18 Å². The molecule has 0 amide bonds. The molecule has 0 unspecified atom stereocenters. The summed E-state index contributed by atoms with van der Waals surface area (Å²) in [6.45, 7) is 5.56. The van der Waals surface area contributed by atoms with Crippen molar-refractivity contribution < 1.29 is 17.6 Å². The lowest BCUT2D eigenvalue weighted by Gasteiger charge is -2.16. The third kappa shape index (κ3) is 4.70. The molecule has 0 aliphatic rings. The topological polar surface area (TPSA) is 70.1 Å². The summed E-state index contributed by atoms with van der Waals surface area (Å²) in [7, 11) is 1.72. The van der Waals surface area contributed by atoms with E-state index < -0.39 is 11.9 Å². The highest BCUT2D eigenvalue weighted by Gasteiger charge is 2.38. The molecule has 30 heavy (non-hydrogen) atoms. The Labute approximate surface area is 170 Å². The van der Waals surface area contributed by atoms with Gasteiger partial charge in [0.2, 0.25) is 0 Å². The van der Waals surface area contributed by atoms with Gasteiger partial charge in [0.05, 0.1) is 5.69 Å². The first-order chi connectivity index (χ1) is 14.2. The number of alkyl halides is 3. The highest BCUT2D eigenvalue weighted by Crippen LogP contribution is 2.34. The van der Waals surface area contributed by atoms with Gasteiger partial charge in [-0.05, 0) is 37.4 Å². The minimum absolute atomic E-state index is 0.169. The van der Waals surface area contributed by atoms with Crippen molar-refractivity contribution in [1.82, 2.24) is 25.3 Å². The van der Waals surface area contributed by atoms with Gasteiger partial charge in [-0.15, -0.1) is 0 Å². The van der Waals surface area contributed by atoms with E-state index in [2.05, 4.69) is 26.9 Å². The highest BCUT2D eigenvalue weighted by atomic mass is 19.4. The normalized spacial score (nSPS) is 12.1. The molecule has 0 atom stereocenters. The Morgan fingerprint density at radius 2 is 2.00 bits per heavy atom. The number of aromatic nitrogens is 4. The number of aromatic amines is 1. The van der Waals surface area contributed by atoms with E-state index in [-0.39, 0.29) is 29.3 Å². The fourth-order valence-corrected chi connectivity index (χ4v) is 2.84. The van der Waals surface area contributed by atoms with Crippen LogP contribution in [0.25, 0.3) is 17.0 Å². The fraction of sp³-hybridized carbons (Fsp3) is 0.200. The number of hydrogen-bond donors (Lipinski definition) is 1.